The number of hydrogen-bond donors (Lipinski definition) is 2. The van der Waals surface area contributed by atoms with Crippen molar-refractivity contribution in [2.75, 3.05) is 19.0 Å². The Hall–Kier alpha value is -1.16. The van der Waals surface area contributed by atoms with Crippen LogP contribution in [0.1, 0.15) is 10.4 Å². The maximum absolute atomic E-state index is 11.4. The van der Waals surface area contributed by atoms with Gasteiger partial charge in [0.2, 0.25) is 0 Å². The summed E-state index contributed by atoms with van der Waals surface area (Å²) in [6.45, 7) is 0. The average molecular weight is 196 g/mol. The topological polar surface area (TPSA) is 55.1 Å². The fourth-order valence-corrected chi connectivity index (χ4v) is 1.72. The number of rotatable bonds is 2. The Morgan fingerprint density at radius 2 is 2.23 bits per heavy atom. The number of hydrogen-bond acceptors (Lipinski definition) is 3. The van der Waals surface area contributed by atoms with Crippen LogP contribution < -0.4 is 11.1 Å². The number of nitrogen functional groups attached to an aromatic ring is 1. The third kappa shape index (κ3) is 1.95. The Labute approximate surface area is 81.7 Å². The van der Waals surface area contributed by atoms with E-state index in [0.29, 0.717) is 11.3 Å². The highest BCUT2D eigenvalue weighted by Gasteiger charge is 2.11. The number of amides is 1. The van der Waals surface area contributed by atoms with Crippen LogP contribution in [0.25, 0.3) is 0 Å². The van der Waals surface area contributed by atoms with Gasteiger partial charge in [0.25, 0.3) is 5.91 Å². The minimum Gasteiger partial charge on any atom is -0.398 e. The Bertz CT molecular complexity index is 325. The molecule has 70 valence electrons. The van der Waals surface area contributed by atoms with Gasteiger partial charge in [-0.2, -0.15) is 0 Å². The third-order valence-electron chi connectivity index (χ3n) is 1.73. The van der Waals surface area contributed by atoms with Crippen LogP contribution in [-0.4, -0.2) is 19.2 Å². The van der Waals surface area contributed by atoms with Crippen molar-refractivity contribution in [1.29, 1.82) is 0 Å². The molecule has 0 saturated heterocycles. The molecule has 1 rings (SSSR count). The van der Waals surface area contributed by atoms with Crippen LogP contribution in [0.4, 0.5) is 5.69 Å². The Balaban J connectivity index is 3.22. The molecule has 3 nitrogen and oxygen atoms in total. The van der Waals surface area contributed by atoms with E-state index in [9.17, 15) is 4.79 Å². The van der Waals surface area contributed by atoms with Crippen LogP contribution in [0.3, 0.4) is 0 Å². The van der Waals surface area contributed by atoms with E-state index in [0.717, 1.165) is 4.90 Å². The Morgan fingerprint density at radius 1 is 1.54 bits per heavy atom. The zero-order valence-corrected chi connectivity index (χ0v) is 8.44. The van der Waals surface area contributed by atoms with Gasteiger partial charge < -0.3 is 11.1 Å². The van der Waals surface area contributed by atoms with E-state index in [2.05, 4.69) is 5.32 Å². The van der Waals surface area contributed by atoms with Gasteiger partial charge in [-0.3, -0.25) is 4.79 Å². The molecule has 3 N–H and O–H groups in total. The second-order valence-electron chi connectivity index (χ2n) is 2.50. The second-order valence-corrected chi connectivity index (χ2v) is 3.35. The first-order valence-corrected chi connectivity index (χ1v) is 5.07. The van der Waals surface area contributed by atoms with Crippen molar-refractivity contribution in [3.63, 3.8) is 0 Å². The number of thioether (sulfide) groups is 1. The minimum atomic E-state index is -0.137. The van der Waals surface area contributed by atoms with Crippen molar-refractivity contribution >= 4 is 23.4 Å². The average Bonchev–Trinajstić information content (AvgIpc) is 2.16. The third-order valence-corrected chi connectivity index (χ3v) is 2.51. The van der Waals surface area contributed by atoms with Crippen LogP contribution in [0, 0.1) is 0 Å². The number of nitrogens with one attached hydrogen (secondary N) is 1. The summed E-state index contributed by atoms with van der Waals surface area (Å²) in [5, 5.41) is 2.56. The lowest BCUT2D eigenvalue weighted by molar-refractivity contribution is 0.0961. The number of carbonyl (C=O) groups is 1. The van der Waals surface area contributed by atoms with Crippen LogP contribution in [0.2, 0.25) is 0 Å². The van der Waals surface area contributed by atoms with E-state index < -0.39 is 0 Å². The molecule has 0 aromatic heterocycles. The van der Waals surface area contributed by atoms with Crippen LogP contribution in [-0.2, 0) is 0 Å². The molecular weight excluding hydrogens is 184 g/mol. The quantitative estimate of drug-likeness (QED) is 0.554. The minimum absolute atomic E-state index is 0.137. The lowest BCUT2D eigenvalue weighted by Crippen LogP contribution is -2.20. The highest BCUT2D eigenvalue weighted by atomic mass is 32.2. The van der Waals surface area contributed by atoms with Gasteiger partial charge in [0.05, 0.1) is 5.56 Å². The van der Waals surface area contributed by atoms with Gasteiger partial charge >= 0.3 is 0 Å². The number of carbonyl (C=O) groups excluding carboxylic acids is 1. The zero-order chi connectivity index (χ0) is 9.84. The van der Waals surface area contributed by atoms with Gasteiger partial charge in [0.1, 0.15) is 0 Å². The fraction of sp³-hybridized carbons (Fsp3) is 0.222. The van der Waals surface area contributed by atoms with Gasteiger partial charge in [-0.15, -0.1) is 11.8 Å². The van der Waals surface area contributed by atoms with E-state index in [4.69, 9.17) is 5.73 Å². The first-order valence-electron chi connectivity index (χ1n) is 3.85. The van der Waals surface area contributed by atoms with Gasteiger partial charge in [0, 0.05) is 17.6 Å². The van der Waals surface area contributed by atoms with Crippen LogP contribution in [0.15, 0.2) is 23.1 Å². The van der Waals surface area contributed by atoms with Gasteiger partial charge in [0.15, 0.2) is 0 Å². The van der Waals surface area contributed by atoms with Crippen LogP contribution in [0.5, 0.6) is 0 Å². The molecule has 0 heterocycles. The summed E-state index contributed by atoms with van der Waals surface area (Å²) >= 11 is 1.51. The standard InChI is InChI=1S/C9H12N2OS/c1-11-9(12)8-6(10)4-3-5-7(8)13-2/h3-5H,10H2,1-2H3,(H,11,12). The van der Waals surface area contributed by atoms with Crippen molar-refractivity contribution < 1.29 is 4.79 Å². The maximum Gasteiger partial charge on any atom is 0.254 e. The summed E-state index contributed by atoms with van der Waals surface area (Å²) in [6, 6.07) is 5.45. The molecule has 0 spiro atoms. The molecule has 13 heavy (non-hydrogen) atoms. The van der Waals surface area contributed by atoms with Gasteiger partial charge in [-0.1, -0.05) is 6.07 Å². The molecule has 0 atom stereocenters. The molecule has 4 heteroatoms. The molecule has 0 bridgehead atoms. The molecule has 1 amide bonds. The fourth-order valence-electron chi connectivity index (χ4n) is 1.09. The Morgan fingerprint density at radius 3 is 2.77 bits per heavy atom. The molecule has 0 saturated carbocycles. The summed E-state index contributed by atoms with van der Waals surface area (Å²) in [5.74, 6) is -0.137. The summed E-state index contributed by atoms with van der Waals surface area (Å²) < 4.78 is 0. The summed E-state index contributed by atoms with van der Waals surface area (Å²) in [6.07, 6.45) is 1.92. The van der Waals surface area contributed by atoms with E-state index in [1.165, 1.54) is 11.8 Å². The predicted octanol–water partition coefficient (Wildman–Crippen LogP) is 1.35. The highest BCUT2D eigenvalue weighted by Crippen LogP contribution is 2.24. The largest absolute Gasteiger partial charge is 0.398 e. The molecule has 1 aromatic rings. The van der Waals surface area contributed by atoms with Crippen molar-refractivity contribution in [3.05, 3.63) is 23.8 Å². The van der Waals surface area contributed by atoms with E-state index >= 15 is 0 Å². The monoisotopic (exact) mass is 196 g/mol. The van der Waals surface area contributed by atoms with Crippen molar-refractivity contribution in [3.8, 4) is 0 Å². The lowest BCUT2D eigenvalue weighted by atomic mass is 10.1. The highest BCUT2D eigenvalue weighted by molar-refractivity contribution is 7.98. The number of anilines is 1. The molecule has 1 aromatic carbocycles. The molecule has 0 radical (unpaired) electrons. The summed E-state index contributed by atoms with van der Waals surface area (Å²) in [5.41, 5.74) is 6.79. The SMILES string of the molecule is CNC(=O)c1c(N)cccc1SC. The smallest absolute Gasteiger partial charge is 0.254 e. The maximum atomic E-state index is 11.4. The molecular formula is C9H12N2OS. The van der Waals surface area contributed by atoms with Crippen molar-refractivity contribution in [2.45, 2.75) is 4.90 Å². The molecule has 0 fully saturated rings. The summed E-state index contributed by atoms with van der Waals surface area (Å²) in [4.78, 5) is 12.3. The van der Waals surface area contributed by atoms with Crippen molar-refractivity contribution in [2.24, 2.45) is 0 Å². The first kappa shape index (κ1) is 9.92. The van der Waals surface area contributed by atoms with E-state index in [1.807, 2.05) is 18.4 Å². The Kier molecular flexibility index (Phi) is 3.19. The van der Waals surface area contributed by atoms with E-state index in [-0.39, 0.29) is 5.91 Å². The molecule has 0 aliphatic carbocycles. The van der Waals surface area contributed by atoms with E-state index in [1.54, 1.807) is 13.1 Å². The first-order chi connectivity index (χ1) is 6.20. The molecule has 0 unspecified atom stereocenters. The zero-order valence-electron chi connectivity index (χ0n) is 7.63. The van der Waals surface area contributed by atoms with Gasteiger partial charge in [-0.25, -0.2) is 0 Å². The predicted molar refractivity (Wildman–Crippen MR) is 56.0 cm³/mol. The van der Waals surface area contributed by atoms with Crippen LogP contribution >= 0.6 is 11.8 Å². The van der Waals surface area contributed by atoms with Crippen molar-refractivity contribution in [1.82, 2.24) is 5.32 Å². The molecule has 0 aliphatic rings. The number of benzene rings is 1. The summed E-state index contributed by atoms with van der Waals surface area (Å²) in [7, 11) is 1.60. The molecule has 0 aliphatic heterocycles. The lowest BCUT2D eigenvalue weighted by Gasteiger charge is -2.08. The normalized spacial score (nSPS) is 9.69. The second kappa shape index (κ2) is 4.18. The van der Waals surface area contributed by atoms with Gasteiger partial charge in [-0.05, 0) is 18.4 Å². The number of nitrogens with two attached hydrogens (primary N) is 1.